The Balaban J connectivity index is 1.77. The molecule has 2 aromatic carbocycles. The average molecular weight is 458 g/mol. The number of fused-ring (bicyclic) bond motifs is 1. The fourth-order valence-corrected chi connectivity index (χ4v) is 5.09. The van der Waals surface area contributed by atoms with Gasteiger partial charge in [-0.05, 0) is 31.5 Å². The molecule has 0 radical (unpaired) electrons. The van der Waals surface area contributed by atoms with Crippen LogP contribution in [0.3, 0.4) is 0 Å². The Kier molecular flexibility index (Phi) is 6.38. The summed E-state index contributed by atoms with van der Waals surface area (Å²) >= 11 is 7.83. The topological polar surface area (TPSA) is 72.3 Å². The quantitative estimate of drug-likeness (QED) is 0.597. The number of hydrogen-bond acceptors (Lipinski definition) is 6. The third-order valence-electron chi connectivity index (χ3n) is 5.32. The third-order valence-corrected chi connectivity index (χ3v) is 6.82. The fourth-order valence-electron chi connectivity index (χ4n) is 3.66. The van der Waals surface area contributed by atoms with E-state index >= 15 is 0 Å². The number of amides is 1. The molecular weight excluding hydrogens is 434 g/mol. The van der Waals surface area contributed by atoms with Crippen LogP contribution in [0, 0.1) is 0 Å². The molecule has 2 atom stereocenters. The number of ether oxygens (including phenoxy) is 1. The molecule has 1 N–H and O–H groups in total. The van der Waals surface area contributed by atoms with Crippen molar-refractivity contribution in [2.24, 2.45) is 0 Å². The van der Waals surface area contributed by atoms with Crippen molar-refractivity contribution in [1.82, 2.24) is 19.8 Å². The minimum Gasteiger partial charge on any atom is -0.495 e. The molecule has 0 saturated carbocycles. The first kappa shape index (κ1) is 21.5. The number of aromatic nitrogens is 3. The Hall–Kier alpha value is -2.71. The van der Waals surface area contributed by atoms with Crippen LogP contribution in [0.4, 0.5) is 0 Å². The Morgan fingerprint density at radius 2 is 1.94 bits per heavy atom. The van der Waals surface area contributed by atoms with E-state index in [1.807, 2.05) is 72.0 Å². The summed E-state index contributed by atoms with van der Waals surface area (Å²) in [6.07, 6.45) is 0. The minimum absolute atomic E-state index is 0.0509. The molecule has 1 aliphatic heterocycles. The van der Waals surface area contributed by atoms with Crippen molar-refractivity contribution in [2.45, 2.75) is 30.3 Å². The van der Waals surface area contributed by atoms with Crippen molar-refractivity contribution >= 4 is 29.3 Å². The summed E-state index contributed by atoms with van der Waals surface area (Å²) in [5.74, 6) is 1.34. The van der Waals surface area contributed by atoms with Crippen LogP contribution in [0.15, 0.2) is 53.7 Å². The first-order valence-corrected chi connectivity index (χ1v) is 11.4. The predicted molar refractivity (Wildman–Crippen MR) is 123 cm³/mol. The van der Waals surface area contributed by atoms with E-state index in [4.69, 9.17) is 16.3 Å². The largest absolute Gasteiger partial charge is 0.495 e. The van der Waals surface area contributed by atoms with E-state index in [1.54, 1.807) is 7.11 Å². The lowest BCUT2D eigenvalue weighted by molar-refractivity contribution is -0.130. The van der Waals surface area contributed by atoms with Crippen LogP contribution in [-0.4, -0.2) is 51.1 Å². The predicted octanol–water partition coefficient (Wildman–Crippen LogP) is 4.23. The number of thioether (sulfide) groups is 1. The molecule has 1 amide bonds. The zero-order valence-electron chi connectivity index (χ0n) is 17.6. The smallest absolute Gasteiger partial charge is 0.238 e. The summed E-state index contributed by atoms with van der Waals surface area (Å²) in [4.78, 5) is 15.2. The lowest BCUT2D eigenvalue weighted by Crippen LogP contribution is -2.46. The monoisotopic (exact) mass is 457 g/mol. The number of hydrogen-bond donors (Lipinski definition) is 1. The number of halogens is 1. The van der Waals surface area contributed by atoms with Gasteiger partial charge in [-0.1, -0.05) is 59.8 Å². The number of carbonyl (C=O) groups is 1. The zero-order chi connectivity index (χ0) is 22.0. The van der Waals surface area contributed by atoms with Gasteiger partial charge in [-0.2, -0.15) is 0 Å². The first-order valence-electron chi connectivity index (χ1n) is 10.1. The van der Waals surface area contributed by atoms with Crippen molar-refractivity contribution < 1.29 is 9.53 Å². The number of rotatable bonds is 6. The molecule has 0 bridgehead atoms. The second-order valence-electron chi connectivity index (χ2n) is 7.06. The molecular formula is C22H24ClN5O2S. The molecule has 0 spiro atoms. The van der Waals surface area contributed by atoms with Crippen molar-refractivity contribution in [1.29, 1.82) is 0 Å². The summed E-state index contributed by atoms with van der Waals surface area (Å²) in [5, 5.41) is 9.46. The zero-order valence-corrected chi connectivity index (χ0v) is 19.2. The lowest BCUT2D eigenvalue weighted by atomic mass is 10.0. The lowest BCUT2D eigenvalue weighted by Gasteiger charge is -2.35. The highest BCUT2D eigenvalue weighted by Crippen LogP contribution is 2.40. The van der Waals surface area contributed by atoms with Gasteiger partial charge in [-0.25, -0.2) is 4.68 Å². The highest BCUT2D eigenvalue weighted by atomic mass is 35.5. The Labute approximate surface area is 190 Å². The molecule has 0 unspecified atom stereocenters. The molecule has 0 saturated heterocycles. The van der Waals surface area contributed by atoms with Gasteiger partial charge in [0, 0.05) is 18.7 Å². The maximum Gasteiger partial charge on any atom is 0.238 e. The standard InChI is InChI=1S/C22H24ClN5O2S/c1-4-27(5-2)21(29)19-18(15-11-12-17(30-3)16(23)13-15)26-28-20(24-25-22(28)31-19)14-9-7-6-8-10-14/h6-13,18-19,26H,4-5H2,1-3H3/t18-,19-/m1/s1. The molecule has 2 heterocycles. The molecule has 4 rings (SSSR count). The van der Waals surface area contributed by atoms with Crippen LogP contribution < -0.4 is 10.2 Å². The van der Waals surface area contributed by atoms with Gasteiger partial charge in [-0.3, -0.25) is 4.79 Å². The van der Waals surface area contributed by atoms with E-state index in [9.17, 15) is 4.79 Å². The first-order chi connectivity index (χ1) is 15.1. The second-order valence-corrected chi connectivity index (χ2v) is 8.57. The van der Waals surface area contributed by atoms with Gasteiger partial charge in [0.05, 0.1) is 18.2 Å². The number of carbonyl (C=O) groups excluding carboxylic acids is 1. The number of methoxy groups -OCH3 is 1. The van der Waals surface area contributed by atoms with E-state index in [1.165, 1.54) is 11.8 Å². The third kappa shape index (κ3) is 4.09. The summed E-state index contributed by atoms with van der Waals surface area (Å²) in [7, 11) is 1.58. The molecule has 0 fully saturated rings. The highest BCUT2D eigenvalue weighted by molar-refractivity contribution is 8.00. The summed E-state index contributed by atoms with van der Waals surface area (Å²) in [6.45, 7) is 5.25. The summed E-state index contributed by atoms with van der Waals surface area (Å²) in [5.41, 5.74) is 5.31. The fraction of sp³-hybridized carbons (Fsp3) is 0.318. The molecule has 162 valence electrons. The Morgan fingerprint density at radius 1 is 1.19 bits per heavy atom. The van der Waals surface area contributed by atoms with Gasteiger partial charge in [-0.15, -0.1) is 10.2 Å². The van der Waals surface area contributed by atoms with Crippen molar-refractivity contribution in [3.63, 3.8) is 0 Å². The van der Waals surface area contributed by atoms with Gasteiger partial charge in [0.2, 0.25) is 11.1 Å². The minimum atomic E-state index is -0.412. The van der Waals surface area contributed by atoms with Crippen LogP contribution in [0.2, 0.25) is 5.02 Å². The second kappa shape index (κ2) is 9.20. The van der Waals surface area contributed by atoms with Gasteiger partial charge >= 0.3 is 0 Å². The SMILES string of the molecule is CCN(CC)C(=O)[C@@H]1Sc2nnc(-c3ccccc3)n2N[C@@H]1c1ccc(OC)c(Cl)c1. The van der Waals surface area contributed by atoms with Crippen LogP contribution >= 0.6 is 23.4 Å². The summed E-state index contributed by atoms with van der Waals surface area (Å²) in [6, 6.07) is 15.1. The maximum absolute atomic E-state index is 13.4. The molecule has 0 aliphatic carbocycles. The van der Waals surface area contributed by atoms with Gasteiger partial charge in [0.15, 0.2) is 5.82 Å². The van der Waals surface area contributed by atoms with E-state index in [0.717, 1.165) is 11.1 Å². The van der Waals surface area contributed by atoms with Crippen LogP contribution in [0.5, 0.6) is 5.75 Å². The highest BCUT2D eigenvalue weighted by Gasteiger charge is 2.39. The average Bonchev–Trinajstić information content (AvgIpc) is 3.22. The Bertz CT molecular complexity index is 1070. The normalized spacial score (nSPS) is 17.5. The van der Waals surface area contributed by atoms with Gasteiger partial charge in [0.1, 0.15) is 11.0 Å². The number of benzene rings is 2. The molecule has 3 aromatic rings. The molecule has 1 aliphatic rings. The van der Waals surface area contributed by atoms with Crippen LogP contribution in [0.25, 0.3) is 11.4 Å². The molecule has 31 heavy (non-hydrogen) atoms. The number of nitrogens with zero attached hydrogens (tertiary/aromatic N) is 4. The van der Waals surface area contributed by atoms with Gasteiger partial charge in [0.25, 0.3) is 0 Å². The summed E-state index contributed by atoms with van der Waals surface area (Å²) < 4.78 is 7.15. The van der Waals surface area contributed by atoms with Crippen LogP contribution in [0.1, 0.15) is 25.5 Å². The maximum atomic E-state index is 13.4. The van der Waals surface area contributed by atoms with E-state index in [2.05, 4.69) is 15.6 Å². The van der Waals surface area contributed by atoms with Crippen molar-refractivity contribution in [3.8, 4) is 17.1 Å². The number of nitrogens with one attached hydrogen (secondary N) is 1. The van der Waals surface area contributed by atoms with E-state index in [0.29, 0.717) is 34.8 Å². The molecule has 1 aromatic heterocycles. The van der Waals surface area contributed by atoms with Crippen molar-refractivity contribution in [3.05, 3.63) is 59.1 Å². The van der Waals surface area contributed by atoms with E-state index in [-0.39, 0.29) is 11.9 Å². The Morgan fingerprint density at radius 3 is 2.58 bits per heavy atom. The molecule has 7 nitrogen and oxygen atoms in total. The van der Waals surface area contributed by atoms with Gasteiger partial charge < -0.3 is 15.1 Å². The van der Waals surface area contributed by atoms with Crippen LogP contribution in [-0.2, 0) is 4.79 Å². The van der Waals surface area contributed by atoms with Crippen molar-refractivity contribution in [2.75, 3.05) is 25.6 Å². The molecule has 9 heteroatoms. The van der Waals surface area contributed by atoms with E-state index < -0.39 is 5.25 Å².